The minimum absolute atomic E-state index is 0.145. The smallest absolute Gasteiger partial charge is 0.325 e. The van der Waals surface area contributed by atoms with Crippen LogP contribution in [0.15, 0.2) is 0 Å². The molecule has 11 nitrogen and oxygen atoms in total. The number of primary amides is 1. The number of carboxylic acids is 1. The number of hydrogen-bond donors (Lipinski definition) is 7. The summed E-state index contributed by atoms with van der Waals surface area (Å²) in [6.07, 6.45) is 0.127. The van der Waals surface area contributed by atoms with Crippen molar-refractivity contribution in [2.45, 2.75) is 57.8 Å². The quantitative estimate of drug-likeness (QED) is 0.173. The molecule has 8 N–H and O–H groups in total. The van der Waals surface area contributed by atoms with Gasteiger partial charge in [-0.1, -0.05) is 20.3 Å². The topological polar surface area (TPSA) is 194 Å². The van der Waals surface area contributed by atoms with E-state index in [1.165, 1.54) is 6.92 Å². The van der Waals surface area contributed by atoms with Crippen molar-refractivity contribution in [2.24, 2.45) is 17.4 Å². The van der Waals surface area contributed by atoms with Crippen LogP contribution in [0, 0.1) is 5.92 Å². The molecule has 0 fully saturated rings. The van der Waals surface area contributed by atoms with E-state index in [1.807, 2.05) is 6.92 Å². The molecule has 160 valence electrons. The Morgan fingerprint density at radius 3 is 1.89 bits per heavy atom. The summed E-state index contributed by atoms with van der Waals surface area (Å²) in [5.41, 5.74) is 10.9. The van der Waals surface area contributed by atoms with Gasteiger partial charge in [-0.15, -0.1) is 0 Å². The second-order valence-corrected chi connectivity index (χ2v) is 6.82. The van der Waals surface area contributed by atoms with Gasteiger partial charge >= 0.3 is 5.97 Å². The Morgan fingerprint density at radius 1 is 0.964 bits per heavy atom. The molecule has 0 aliphatic heterocycles. The number of carbonyl (C=O) groups is 5. The van der Waals surface area contributed by atoms with Crippen molar-refractivity contribution in [1.29, 1.82) is 0 Å². The van der Waals surface area contributed by atoms with Crippen LogP contribution in [0.2, 0.25) is 0 Å². The zero-order valence-corrected chi connectivity index (χ0v) is 17.0. The zero-order chi connectivity index (χ0) is 22.0. The largest absolute Gasteiger partial charge is 0.480 e. The lowest BCUT2D eigenvalue weighted by molar-refractivity contribution is -0.141. The molecule has 0 spiro atoms. The van der Waals surface area contributed by atoms with Crippen LogP contribution >= 0.6 is 12.6 Å². The number of carbonyl (C=O) groups excluding carboxylic acids is 4. The maximum Gasteiger partial charge on any atom is 0.325 e. The van der Waals surface area contributed by atoms with Crippen LogP contribution in [-0.2, 0) is 24.0 Å². The lowest BCUT2D eigenvalue weighted by Gasteiger charge is -2.24. The highest BCUT2D eigenvalue weighted by molar-refractivity contribution is 7.80. The molecular weight excluding hydrogens is 390 g/mol. The van der Waals surface area contributed by atoms with Gasteiger partial charge in [-0.05, 0) is 12.8 Å². The highest BCUT2D eigenvalue weighted by atomic mass is 32.1. The predicted octanol–water partition coefficient (Wildman–Crippen LogP) is -2.28. The molecule has 0 heterocycles. The maximum atomic E-state index is 12.5. The van der Waals surface area contributed by atoms with Gasteiger partial charge in [-0.3, -0.25) is 24.0 Å². The minimum Gasteiger partial charge on any atom is -0.480 e. The molecule has 4 amide bonds. The van der Waals surface area contributed by atoms with Crippen molar-refractivity contribution >= 4 is 42.2 Å². The summed E-state index contributed by atoms with van der Waals surface area (Å²) in [7, 11) is 0. The van der Waals surface area contributed by atoms with Gasteiger partial charge in [-0.25, -0.2) is 0 Å². The van der Waals surface area contributed by atoms with Crippen LogP contribution in [0.5, 0.6) is 0 Å². The number of amides is 4. The SMILES string of the molecule is CCC(C)C(N)C(=O)NC(CC(N)=O)C(=O)NC(CS)C(=O)NC(C)C(=O)O. The van der Waals surface area contributed by atoms with E-state index in [0.717, 1.165) is 0 Å². The molecule has 0 aliphatic carbocycles. The molecule has 0 radical (unpaired) electrons. The second kappa shape index (κ2) is 12.2. The number of carboxylic acid groups (broad SMARTS) is 1. The van der Waals surface area contributed by atoms with E-state index in [0.29, 0.717) is 6.42 Å². The Balaban J connectivity index is 5.17. The third-order valence-electron chi connectivity index (χ3n) is 4.14. The summed E-state index contributed by atoms with van der Waals surface area (Å²) in [6.45, 7) is 4.86. The van der Waals surface area contributed by atoms with Crippen molar-refractivity contribution in [1.82, 2.24) is 16.0 Å². The number of thiol groups is 1. The Kier molecular flexibility index (Phi) is 11.2. The molecule has 0 rings (SSSR count). The number of aliphatic carboxylic acids is 1. The fraction of sp³-hybridized carbons (Fsp3) is 0.688. The van der Waals surface area contributed by atoms with E-state index in [4.69, 9.17) is 16.6 Å². The van der Waals surface area contributed by atoms with E-state index in [1.54, 1.807) is 6.92 Å². The molecule has 12 heteroatoms. The molecule has 0 saturated carbocycles. The number of nitrogens with two attached hydrogens (primary N) is 2. The van der Waals surface area contributed by atoms with E-state index in [9.17, 15) is 24.0 Å². The maximum absolute atomic E-state index is 12.5. The van der Waals surface area contributed by atoms with E-state index in [-0.39, 0.29) is 11.7 Å². The van der Waals surface area contributed by atoms with Gasteiger partial charge in [0.05, 0.1) is 12.5 Å². The third-order valence-corrected chi connectivity index (χ3v) is 4.51. The van der Waals surface area contributed by atoms with Crippen LogP contribution in [0.3, 0.4) is 0 Å². The summed E-state index contributed by atoms with van der Waals surface area (Å²) in [5.74, 6) is -4.67. The monoisotopic (exact) mass is 419 g/mol. The molecule has 0 aromatic heterocycles. The molecular formula is C16H29N5O6S. The van der Waals surface area contributed by atoms with Gasteiger partial charge < -0.3 is 32.5 Å². The summed E-state index contributed by atoms with van der Waals surface area (Å²) in [6, 6.07) is -4.60. The Labute approximate surface area is 168 Å². The van der Waals surface area contributed by atoms with Crippen LogP contribution in [-0.4, -0.2) is 64.6 Å². The Morgan fingerprint density at radius 2 is 1.46 bits per heavy atom. The second-order valence-electron chi connectivity index (χ2n) is 6.46. The van der Waals surface area contributed by atoms with Crippen LogP contribution in [0.1, 0.15) is 33.6 Å². The van der Waals surface area contributed by atoms with Gasteiger partial charge in [0, 0.05) is 5.75 Å². The number of nitrogens with one attached hydrogen (secondary N) is 3. The van der Waals surface area contributed by atoms with E-state index in [2.05, 4.69) is 28.6 Å². The van der Waals surface area contributed by atoms with Crippen LogP contribution < -0.4 is 27.4 Å². The number of rotatable bonds is 12. The van der Waals surface area contributed by atoms with Crippen molar-refractivity contribution in [2.75, 3.05) is 5.75 Å². The molecule has 0 bridgehead atoms. The molecule has 5 atom stereocenters. The van der Waals surface area contributed by atoms with Crippen LogP contribution in [0.25, 0.3) is 0 Å². The lowest BCUT2D eigenvalue weighted by Crippen LogP contribution is -2.58. The molecule has 0 aromatic carbocycles. The first-order valence-corrected chi connectivity index (χ1v) is 9.36. The Hall–Kier alpha value is -2.34. The van der Waals surface area contributed by atoms with Gasteiger partial charge in [-0.2, -0.15) is 12.6 Å². The fourth-order valence-corrected chi connectivity index (χ4v) is 2.29. The predicted molar refractivity (Wildman–Crippen MR) is 104 cm³/mol. The van der Waals surface area contributed by atoms with Crippen molar-refractivity contribution in [3.05, 3.63) is 0 Å². The molecule has 0 aliphatic rings. The summed E-state index contributed by atoms with van der Waals surface area (Å²) < 4.78 is 0. The molecule has 0 saturated heterocycles. The fourth-order valence-electron chi connectivity index (χ4n) is 2.03. The molecule has 28 heavy (non-hydrogen) atoms. The highest BCUT2D eigenvalue weighted by Crippen LogP contribution is 2.06. The molecule has 5 unspecified atom stereocenters. The van der Waals surface area contributed by atoms with Crippen molar-refractivity contribution in [3.8, 4) is 0 Å². The molecule has 0 aromatic rings. The van der Waals surface area contributed by atoms with E-state index >= 15 is 0 Å². The first-order valence-electron chi connectivity index (χ1n) is 8.73. The first-order chi connectivity index (χ1) is 12.9. The number of hydrogen-bond acceptors (Lipinski definition) is 7. The first kappa shape index (κ1) is 25.7. The standard InChI is InChI=1S/C16H29N5O6S/c1-4-7(2)12(18)15(25)20-9(5-11(17)22)13(23)21-10(6-28)14(24)19-8(3)16(26)27/h7-10,12,28H,4-6,18H2,1-3H3,(H2,17,22)(H,19,24)(H,20,25)(H,21,23)(H,26,27). The Bertz CT molecular complexity index is 602. The van der Waals surface area contributed by atoms with Gasteiger partial charge in [0.1, 0.15) is 18.1 Å². The summed E-state index contributed by atoms with van der Waals surface area (Å²) >= 11 is 3.96. The van der Waals surface area contributed by atoms with E-state index < -0.39 is 60.2 Å². The average molecular weight is 420 g/mol. The van der Waals surface area contributed by atoms with Gasteiger partial charge in [0.25, 0.3) is 0 Å². The highest BCUT2D eigenvalue weighted by Gasteiger charge is 2.30. The van der Waals surface area contributed by atoms with Gasteiger partial charge in [0.2, 0.25) is 23.6 Å². The average Bonchev–Trinajstić information content (AvgIpc) is 2.62. The minimum atomic E-state index is -1.34. The summed E-state index contributed by atoms with van der Waals surface area (Å²) in [4.78, 5) is 58.9. The van der Waals surface area contributed by atoms with Crippen molar-refractivity contribution in [3.63, 3.8) is 0 Å². The summed E-state index contributed by atoms with van der Waals surface area (Å²) in [5, 5.41) is 15.7. The lowest BCUT2D eigenvalue weighted by atomic mass is 9.99. The van der Waals surface area contributed by atoms with Crippen molar-refractivity contribution < 1.29 is 29.1 Å². The third kappa shape index (κ3) is 8.57. The van der Waals surface area contributed by atoms with Gasteiger partial charge in [0.15, 0.2) is 0 Å². The van der Waals surface area contributed by atoms with Crippen LogP contribution in [0.4, 0.5) is 0 Å². The zero-order valence-electron chi connectivity index (χ0n) is 16.1. The normalized spacial score (nSPS) is 16.0.